The molecule has 0 saturated carbocycles. The van der Waals surface area contributed by atoms with Crippen molar-refractivity contribution in [1.29, 1.82) is 0 Å². The first-order chi connectivity index (χ1) is 16.8. The van der Waals surface area contributed by atoms with Crippen molar-refractivity contribution in [2.24, 2.45) is 0 Å². The number of benzene rings is 3. The van der Waals surface area contributed by atoms with Crippen molar-refractivity contribution in [3.8, 4) is 17.2 Å². The first-order valence-electron chi connectivity index (χ1n) is 10.9. The summed E-state index contributed by atoms with van der Waals surface area (Å²) in [6.45, 7) is 0.225. The Morgan fingerprint density at radius 2 is 1.60 bits per heavy atom. The Labute approximate surface area is 211 Å². The van der Waals surface area contributed by atoms with Gasteiger partial charge in [0, 0.05) is 16.6 Å². The van der Waals surface area contributed by atoms with Crippen LogP contribution in [0, 0.1) is 0 Å². The number of aliphatic hydroxyl groups is 1. The fourth-order valence-electron chi connectivity index (χ4n) is 4.16. The molecule has 1 atom stereocenters. The van der Waals surface area contributed by atoms with Gasteiger partial charge in [0.05, 0.1) is 25.8 Å². The molecule has 2 N–H and O–H groups in total. The summed E-state index contributed by atoms with van der Waals surface area (Å²) >= 11 is 3.36. The number of ketones is 1. The molecule has 1 aliphatic heterocycles. The second-order valence-corrected chi connectivity index (χ2v) is 8.95. The zero-order valence-corrected chi connectivity index (χ0v) is 20.8. The molecule has 35 heavy (non-hydrogen) atoms. The maximum atomic E-state index is 13.1. The summed E-state index contributed by atoms with van der Waals surface area (Å²) in [4.78, 5) is 27.7. The lowest BCUT2D eigenvalue weighted by atomic mass is 9.95. The number of aromatic hydroxyl groups is 1. The number of carbonyl (C=O) groups is 2. The van der Waals surface area contributed by atoms with Gasteiger partial charge in [0.25, 0.3) is 11.7 Å². The topological polar surface area (TPSA) is 96.3 Å². The van der Waals surface area contributed by atoms with Crippen LogP contribution in [-0.2, 0) is 16.0 Å². The van der Waals surface area contributed by atoms with Gasteiger partial charge in [0.15, 0.2) is 11.5 Å². The maximum absolute atomic E-state index is 13.1. The number of Topliss-reactive ketones (excluding diaryl/α,β-unsaturated/α-hetero) is 1. The minimum atomic E-state index is -0.806. The number of hydrogen-bond donors (Lipinski definition) is 2. The molecule has 0 aromatic heterocycles. The lowest BCUT2D eigenvalue weighted by molar-refractivity contribution is -0.139. The number of likely N-dealkylation sites (tertiary alicyclic amines) is 1. The summed E-state index contributed by atoms with van der Waals surface area (Å²) in [7, 11) is 3.10. The highest BCUT2D eigenvalue weighted by atomic mass is 79.9. The number of nitrogens with zero attached hydrogens (tertiary/aromatic N) is 1. The van der Waals surface area contributed by atoms with Crippen LogP contribution in [-0.4, -0.2) is 47.6 Å². The van der Waals surface area contributed by atoms with E-state index in [4.69, 9.17) is 9.47 Å². The van der Waals surface area contributed by atoms with Gasteiger partial charge in [-0.15, -0.1) is 0 Å². The number of carbonyl (C=O) groups excluding carboxylic acids is 2. The summed E-state index contributed by atoms with van der Waals surface area (Å²) in [5.41, 5.74) is 1.93. The van der Waals surface area contributed by atoms with Crippen molar-refractivity contribution in [1.82, 2.24) is 4.90 Å². The Hall–Kier alpha value is -3.78. The van der Waals surface area contributed by atoms with Gasteiger partial charge in [-0.05, 0) is 53.9 Å². The summed E-state index contributed by atoms with van der Waals surface area (Å²) < 4.78 is 11.5. The Kier molecular flexibility index (Phi) is 7.12. The highest BCUT2D eigenvalue weighted by molar-refractivity contribution is 9.10. The minimum absolute atomic E-state index is 0.00956. The van der Waals surface area contributed by atoms with Gasteiger partial charge in [0.2, 0.25) is 0 Å². The van der Waals surface area contributed by atoms with E-state index in [1.165, 1.54) is 17.0 Å². The van der Waals surface area contributed by atoms with Crippen LogP contribution in [0.15, 0.2) is 76.8 Å². The van der Waals surface area contributed by atoms with Gasteiger partial charge in [-0.1, -0.05) is 46.3 Å². The lowest BCUT2D eigenvalue weighted by Gasteiger charge is -2.25. The summed E-state index contributed by atoms with van der Waals surface area (Å²) in [6, 6.07) is 17.8. The van der Waals surface area contributed by atoms with Crippen LogP contribution in [0.4, 0.5) is 0 Å². The largest absolute Gasteiger partial charge is 0.508 e. The van der Waals surface area contributed by atoms with Crippen LogP contribution in [0.5, 0.6) is 17.2 Å². The number of phenolic OH excluding ortho intramolecular Hbond substituents is 1. The van der Waals surface area contributed by atoms with Crippen LogP contribution in [0.25, 0.3) is 5.76 Å². The molecule has 3 aromatic carbocycles. The molecule has 180 valence electrons. The number of ether oxygens (including phenoxy) is 2. The Morgan fingerprint density at radius 1 is 0.943 bits per heavy atom. The highest BCUT2D eigenvalue weighted by Crippen LogP contribution is 2.40. The number of hydrogen-bond acceptors (Lipinski definition) is 6. The van der Waals surface area contributed by atoms with Gasteiger partial charge >= 0.3 is 0 Å². The van der Waals surface area contributed by atoms with Crippen LogP contribution >= 0.6 is 15.9 Å². The Morgan fingerprint density at radius 3 is 2.23 bits per heavy atom. The molecule has 1 amide bonds. The monoisotopic (exact) mass is 537 g/mol. The third-order valence-electron chi connectivity index (χ3n) is 5.96. The van der Waals surface area contributed by atoms with E-state index in [-0.39, 0.29) is 23.6 Å². The van der Waals surface area contributed by atoms with Crippen LogP contribution in [0.3, 0.4) is 0 Å². The number of amides is 1. The number of halogens is 1. The predicted molar refractivity (Wildman–Crippen MR) is 135 cm³/mol. The molecule has 1 aliphatic rings. The first kappa shape index (κ1) is 24.3. The van der Waals surface area contributed by atoms with Gasteiger partial charge in [0.1, 0.15) is 11.5 Å². The predicted octanol–water partition coefficient (Wildman–Crippen LogP) is 4.84. The molecule has 1 heterocycles. The average Bonchev–Trinajstić information content (AvgIpc) is 3.12. The molecule has 0 aliphatic carbocycles. The fourth-order valence-corrected chi connectivity index (χ4v) is 4.43. The second-order valence-electron chi connectivity index (χ2n) is 8.03. The van der Waals surface area contributed by atoms with E-state index in [1.807, 2.05) is 12.1 Å². The van der Waals surface area contributed by atoms with Crippen molar-refractivity contribution < 1.29 is 29.3 Å². The van der Waals surface area contributed by atoms with Crippen molar-refractivity contribution in [2.45, 2.75) is 12.5 Å². The van der Waals surface area contributed by atoms with Crippen LogP contribution in [0.1, 0.15) is 22.7 Å². The Bertz CT molecular complexity index is 1280. The van der Waals surface area contributed by atoms with E-state index in [0.29, 0.717) is 29.0 Å². The lowest BCUT2D eigenvalue weighted by Crippen LogP contribution is -2.31. The van der Waals surface area contributed by atoms with Gasteiger partial charge in [-0.25, -0.2) is 0 Å². The van der Waals surface area contributed by atoms with Gasteiger partial charge < -0.3 is 24.6 Å². The normalized spacial score (nSPS) is 17.0. The summed E-state index contributed by atoms with van der Waals surface area (Å²) in [6.07, 6.45) is 0.445. The van der Waals surface area contributed by atoms with Gasteiger partial charge in [-0.3, -0.25) is 9.59 Å². The molecule has 0 unspecified atom stereocenters. The van der Waals surface area contributed by atoms with E-state index in [1.54, 1.807) is 56.7 Å². The number of phenols is 1. The van der Waals surface area contributed by atoms with Crippen molar-refractivity contribution in [2.75, 3.05) is 20.8 Å². The molecule has 1 fully saturated rings. The van der Waals surface area contributed by atoms with E-state index in [9.17, 15) is 19.8 Å². The van der Waals surface area contributed by atoms with Crippen LogP contribution < -0.4 is 9.47 Å². The number of methoxy groups -OCH3 is 2. The molecular formula is C27H24BrNO6. The smallest absolute Gasteiger partial charge is 0.295 e. The molecule has 3 aromatic rings. The number of rotatable bonds is 7. The highest BCUT2D eigenvalue weighted by Gasteiger charge is 2.45. The maximum Gasteiger partial charge on any atom is 0.295 e. The van der Waals surface area contributed by atoms with Gasteiger partial charge in [-0.2, -0.15) is 0 Å². The molecule has 0 radical (unpaired) electrons. The van der Waals surface area contributed by atoms with Crippen molar-refractivity contribution in [3.05, 3.63) is 93.5 Å². The summed E-state index contributed by atoms with van der Waals surface area (Å²) in [5.74, 6) is -0.475. The van der Waals surface area contributed by atoms with E-state index >= 15 is 0 Å². The molecule has 4 rings (SSSR count). The zero-order valence-electron chi connectivity index (χ0n) is 19.2. The molecule has 8 heteroatoms. The molecule has 1 saturated heterocycles. The molecule has 0 bridgehead atoms. The zero-order chi connectivity index (χ0) is 25.1. The summed E-state index contributed by atoms with van der Waals surface area (Å²) in [5, 5.41) is 20.9. The van der Waals surface area contributed by atoms with E-state index < -0.39 is 17.7 Å². The SMILES string of the molecule is COc1ccc(CCN2C(=O)C(=O)C(=C(O)c3ccc(Br)cc3)[C@H]2c2ccc(O)cc2)cc1OC. The minimum Gasteiger partial charge on any atom is -0.508 e. The third-order valence-corrected chi connectivity index (χ3v) is 6.48. The average molecular weight is 538 g/mol. The second kappa shape index (κ2) is 10.2. The van der Waals surface area contributed by atoms with Crippen LogP contribution in [0.2, 0.25) is 0 Å². The van der Waals surface area contributed by atoms with Crippen molar-refractivity contribution >= 4 is 33.4 Å². The molecule has 0 spiro atoms. The quantitative estimate of drug-likeness (QED) is 0.254. The van der Waals surface area contributed by atoms with E-state index in [0.717, 1.165) is 10.0 Å². The molecule has 7 nitrogen and oxygen atoms in total. The Balaban J connectivity index is 1.73. The third kappa shape index (κ3) is 4.88. The first-order valence-corrected chi connectivity index (χ1v) is 11.7. The van der Waals surface area contributed by atoms with E-state index in [2.05, 4.69) is 15.9 Å². The number of aliphatic hydroxyl groups excluding tert-OH is 1. The standard InChI is InChI=1S/C27H24BrNO6/c1-34-21-12-3-16(15-22(21)35-2)13-14-29-24(17-6-10-20(30)11-7-17)23(26(32)27(29)33)25(31)18-4-8-19(28)9-5-18/h3-12,15,24,30-31H,13-14H2,1-2H3/t24-/m1/s1. The molecular weight excluding hydrogens is 514 g/mol. The van der Waals surface area contributed by atoms with Crippen molar-refractivity contribution in [3.63, 3.8) is 0 Å². The fraction of sp³-hybridized carbons (Fsp3) is 0.185.